The SMILES string of the molecule is COc1ccc(CN2C(=O)CCC2=O)cc1-c1cccc([N+](=O)[O-])c1. The van der Waals surface area contributed by atoms with Crippen LogP contribution in [0.1, 0.15) is 18.4 Å². The lowest BCUT2D eigenvalue weighted by Crippen LogP contribution is -2.28. The van der Waals surface area contributed by atoms with Crippen molar-refractivity contribution in [2.75, 3.05) is 7.11 Å². The molecule has 0 spiro atoms. The van der Waals surface area contributed by atoms with E-state index in [1.165, 1.54) is 24.1 Å². The Morgan fingerprint density at radius 3 is 2.48 bits per heavy atom. The van der Waals surface area contributed by atoms with Gasteiger partial charge in [-0.2, -0.15) is 0 Å². The fourth-order valence-electron chi connectivity index (χ4n) is 2.85. The molecule has 1 aliphatic rings. The monoisotopic (exact) mass is 340 g/mol. The normalized spacial score (nSPS) is 14.0. The van der Waals surface area contributed by atoms with Gasteiger partial charge in [-0.05, 0) is 23.3 Å². The second-order valence-corrected chi connectivity index (χ2v) is 5.72. The number of nitrogens with zero attached hydrogens (tertiary/aromatic N) is 2. The molecule has 2 aromatic carbocycles. The van der Waals surface area contributed by atoms with Gasteiger partial charge in [-0.3, -0.25) is 24.6 Å². The van der Waals surface area contributed by atoms with Gasteiger partial charge in [0.05, 0.1) is 18.6 Å². The Labute approximate surface area is 144 Å². The number of hydrogen-bond donors (Lipinski definition) is 0. The van der Waals surface area contributed by atoms with Crippen LogP contribution in [0.2, 0.25) is 0 Å². The highest BCUT2D eigenvalue weighted by Crippen LogP contribution is 2.33. The fourth-order valence-corrected chi connectivity index (χ4v) is 2.85. The molecule has 2 amide bonds. The molecule has 128 valence electrons. The molecule has 1 fully saturated rings. The maximum atomic E-state index is 11.8. The average Bonchev–Trinajstić information content (AvgIpc) is 2.93. The molecule has 0 N–H and O–H groups in total. The van der Waals surface area contributed by atoms with Gasteiger partial charge in [-0.15, -0.1) is 0 Å². The molecule has 1 heterocycles. The van der Waals surface area contributed by atoms with Crippen molar-refractivity contribution in [2.45, 2.75) is 19.4 Å². The summed E-state index contributed by atoms with van der Waals surface area (Å²) in [7, 11) is 1.52. The van der Waals surface area contributed by atoms with Crippen molar-refractivity contribution in [1.82, 2.24) is 4.90 Å². The summed E-state index contributed by atoms with van der Waals surface area (Å²) >= 11 is 0. The number of amides is 2. The molecule has 0 bridgehead atoms. The Kier molecular flexibility index (Phi) is 4.47. The lowest BCUT2D eigenvalue weighted by atomic mass is 10.0. The molecule has 7 heteroatoms. The molecule has 1 aliphatic heterocycles. The number of nitro groups is 1. The van der Waals surface area contributed by atoms with E-state index in [4.69, 9.17) is 4.74 Å². The number of likely N-dealkylation sites (tertiary alicyclic amines) is 1. The summed E-state index contributed by atoms with van der Waals surface area (Å²) in [4.78, 5) is 35.4. The van der Waals surface area contributed by atoms with E-state index in [9.17, 15) is 19.7 Å². The Morgan fingerprint density at radius 1 is 1.12 bits per heavy atom. The van der Waals surface area contributed by atoms with Crippen LogP contribution in [0.4, 0.5) is 5.69 Å². The van der Waals surface area contributed by atoms with Crippen LogP contribution in [0.3, 0.4) is 0 Å². The predicted octanol–water partition coefficient (Wildman–Crippen LogP) is 2.92. The smallest absolute Gasteiger partial charge is 0.270 e. The summed E-state index contributed by atoms with van der Waals surface area (Å²) in [6, 6.07) is 11.5. The van der Waals surface area contributed by atoms with Crippen molar-refractivity contribution in [1.29, 1.82) is 0 Å². The Morgan fingerprint density at radius 2 is 1.84 bits per heavy atom. The summed E-state index contributed by atoms with van der Waals surface area (Å²) in [5.74, 6) is 0.193. The molecule has 0 radical (unpaired) electrons. The molecular formula is C18H16N2O5. The molecular weight excluding hydrogens is 324 g/mol. The molecule has 0 saturated carbocycles. The number of imide groups is 1. The van der Waals surface area contributed by atoms with Gasteiger partial charge in [-0.1, -0.05) is 18.2 Å². The second kappa shape index (κ2) is 6.72. The van der Waals surface area contributed by atoms with Gasteiger partial charge < -0.3 is 4.74 Å². The summed E-state index contributed by atoms with van der Waals surface area (Å²) in [5, 5.41) is 11.0. The van der Waals surface area contributed by atoms with E-state index in [0.717, 1.165) is 5.56 Å². The molecule has 7 nitrogen and oxygen atoms in total. The van der Waals surface area contributed by atoms with Gasteiger partial charge >= 0.3 is 0 Å². The van der Waals surface area contributed by atoms with Gasteiger partial charge in [0.25, 0.3) is 5.69 Å². The number of methoxy groups -OCH3 is 1. The average molecular weight is 340 g/mol. The number of ether oxygens (including phenoxy) is 1. The van der Waals surface area contributed by atoms with Crippen LogP contribution in [0.15, 0.2) is 42.5 Å². The minimum atomic E-state index is -0.457. The molecule has 0 atom stereocenters. The summed E-state index contributed by atoms with van der Waals surface area (Å²) in [6.07, 6.45) is 0.486. The second-order valence-electron chi connectivity index (χ2n) is 5.72. The van der Waals surface area contributed by atoms with Crippen molar-refractivity contribution in [2.24, 2.45) is 0 Å². The predicted molar refractivity (Wildman–Crippen MR) is 89.9 cm³/mol. The summed E-state index contributed by atoms with van der Waals surface area (Å²) in [6.45, 7) is 0.184. The van der Waals surface area contributed by atoms with Crippen molar-refractivity contribution >= 4 is 17.5 Å². The minimum Gasteiger partial charge on any atom is -0.496 e. The molecule has 0 unspecified atom stereocenters. The van der Waals surface area contributed by atoms with Crippen LogP contribution in [-0.2, 0) is 16.1 Å². The Hall–Kier alpha value is -3.22. The minimum absolute atomic E-state index is 0.0187. The quantitative estimate of drug-likeness (QED) is 0.474. The van der Waals surface area contributed by atoms with E-state index in [-0.39, 0.29) is 36.9 Å². The van der Waals surface area contributed by atoms with Gasteiger partial charge in [0, 0.05) is 30.5 Å². The first-order valence-corrected chi connectivity index (χ1v) is 7.74. The molecule has 0 aliphatic carbocycles. The van der Waals surface area contributed by atoms with Gasteiger partial charge in [0.15, 0.2) is 0 Å². The number of benzene rings is 2. The number of rotatable bonds is 5. The van der Waals surface area contributed by atoms with Gasteiger partial charge in [0.2, 0.25) is 11.8 Å². The van der Waals surface area contributed by atoms with E-state index in [0.29, 0.717) is 16.9 Å². The summed E-state index contributed by atoms with van der Waals surface area (Å²) < 4.78 is 5.35. The van der Waals surface area contributed by atoms with E-state index in [1.807, 2.05) is 0 Å². The van der Waals surface area contributed by atoms with Crippen LogP contribution in [0.5, 0.6) is 5.75 Å². The third-order valence-corrected chi connectivity index (χ3v) is 4.13. The lowest BCUT2D eigenvalue weighted by molar-refractivity contribution is -0.384. The van der Waals surface area contributed by atoms with E-state index >= 15 is 0 Å². The highest BCUT2D eigenvalue weighted by atomic mass is 16.6. The first-order valence-electron chi connectivity index (χ1n) is 7.74. The fraction of sp³-hybridized carbons (Fsp3) is 0.222. The maximum Gasteiger partial charge on any atom is 0.270 e. The zero-order valence-electron chi connectivity index (χ0n) is 13.6. The van der Waals surface area contributed by atoms with Crippen molar-refractivity contribution in [3.63, 3.8) is 0 Å². The molecule has 0 aromatic heterocycles. The van der Waals surface area contributed by atoms with Crippen LogP contribution in [0.25, 0.3) is 11.1 Å². The van der Waals surface area contributed by atoms with Crippen LogP contribution >= 0.6 is 0 Å². The van der Waals surface area contributed by atoms with Gasteiger partial charge in [0.1, 0.15) is 5.75 Å². The number of carbonyl (C=O) groups is 2. The van der Waals surface area contributed by atoms with Crippen LogP contribution in [-0.4, -0.2) is 28.7 Å². The maximum absolute atomic E-state index is 11.8. The topological polar surface area (TPSA) is 89.8 Å². The molecule has 25 heavy (non-hydrogen) atoms. The van der Waals surface area contributed by atoms with Crippen LogP contribution in [0, 0.1) is 10.1 Å². The Balaban J connectivity index is 1.98. The van der Waals surface area contributed by atoms with Crippen LogP contribution < -0.4 is 4.74 Å². The van der Waals surface area contributed by atoms with Crippen molar-refractivity contribution in [3.05, 3.63) is 58.1 Å². The first kappa shape index (κ1) is 16.6. The van der Waals surface area contributed by atoms with Crippen molar-refractivity contribution in [3.8, 4) is 16.9 Å². The zero-order chi connectivity index (χ0) is 18.0. The first-order chi connectivity index (χ1) is 12.0. The van der Waals surface area contributed by atoms with Crippen molar-refractivity contribution < 1.29 is 19.2 Å². The van der Waals surface area contributed by atoms with E-state index in [1.54, 1.807) is 30.3 Å². The number of non-ortho nitro benzene ring substituents is 1. The van der Waals surface area contributed by atoms with Gasteiger partial charge in [-0.25, -0.2) is 0 Å². The lowest BCUT2D eigenvalue weighted by Gasteiger charge is -2.16. The number of carbonyl (C=O) groups excluding carboxylic acids is 2. The number of hydrogen-bond acceptors (Lipinski definition) is 5. The number of nitro benzene ring substituents is 1. The molecule has 3 rings (SSSR count). The van der Waals surface area contributed by atoms with E-state index < -0.39 is 4.92 Å². The zero-order valence-corrected chi connectivity index (χ0v) is 13.6. The highest BCUT2D eigenvalue weighted by molar-refractivity contribution is 6.01. The third kappa shape index (κ3) is 3.35. The standard InChI is InChI=1S/C18H16N2O5/c1-25-16-6-5-12(11-19-17(21)7-8-18(19)22)9-15(16)13-3-2-4-14(10-13)20(23)24/h2-6,9-10H,7-8,11H2,1H3. The Bertz CT molecular complexity index is 846. The highest BCUT2D eigenvalue weighted by Gasteiger charge is 2.28. The molecule has 1 saturated heterocycles. The third-order valence-electron chi connectivity index (χ3n) is 4.13. The van der Waals surface area contributed by atoms with E-state index in [2.05, 4.69) is 0 Å². The largest absolute Gasteiger partial charge is 0.496 e. The molecule has 2 aromatic rings. The summed E-state index contributed by atoms with van der Waals surface area (Å²) in [5.41, 5.74) is 2.04.